The quantitative estimate of drug-likeness (QED) is 0.811. The highest BCUT2D eigenvalue weighted by atomic mass is 32.2. The van der Waals surface area contributed by atoms with Crippen LogP contribution < -0.4 is 16.1 Å². The molecule has 1 atom stereocenters. The molecule has 2 aliphatic rings. The van der Waals surface area contributed by atoms with Gasteiger partial charge in [-0.3, -0.25) is 10.3 Å². The van der Waals surface area contributed by atoms with Gasteiger partial charge in [-0.2, -0.15) is 5.10 Å². The number of hydrogen-bond acceptors (Lipinski definition) is 6. The van der Waals surface area contributed by atoms with Crippen LogP contribution in [0.2, 0.25) is 0 Å². The number of rotatable bonds is 3. The number of amides is 1. The van der Waals surface area contributed by atoms with Gasteiger partial charge in [-0.25, -0.2) is 9.18 Å². The molecule has 6 nitrogen and oxygen atoms in total. The number of ether oxygens (including phenoxy) is 1. The van der Waals surface area contributed by atoms with Crippen molar-refractivity contribution in [1.29, 1.82) is 0 Å². The van der Waals surface area contributed by atoms with E-state index in [0.29, 0.717) is 33.6 Å². The molecule has 1 aromatic rings. The van der Waals surface area contributed by atoms with Crippen molar-refractivity contribution in [2.24, 2.45) is 10.8 Å². The first kappa shape index (κ1) is 15.2. The van der Waals surface area contributed by atoms with Gasteiger partial charge < -0.3 is 10.5 Å². The van der Waals surface area contributed by atoms with Gasteiger partial charge >= 0.3 is 6.09 Å². The van der Waals surface area contributed by atoms with Gasteiger partial charge in [0, 0.05) is 12.1 Å². The number of benzene rings is 1. The number of hydrogen-bond donors (Lipinski definition) is 2. The Morgan fingerprint density at radius 3 is 3.00 bits per heavy atom. The summed E-state index contributed by atoms with van der Waals surface area (Å²) in [4.78, 5) is 13.7. The number of nitrogens with zero attached hydrogens (tertiary/aromatic N) is 2. The molecule has 0 saturated carbocycles. The Hall–Kier alpha value is -1.71. The maximum absolute atomic E-state index is 14.3. The van der Waals surface area contributed by atoms with E-state index < -0.39 is 11.9 Å². The van der Waals surface area contributed by atoms with E-state index in [1.807, 2.05) is 0 Å². The molecule has 0 radical (unpaired) electrons. The molecule has 1 fully saturated rings. The van der Waals surface area contributed by atoms with Crippen LogP contribution in [0.3, 0.4) is 0 Å². The van der Waals surface area contributed by atoms with Crippen molar-refractivity contribution >= 4 is 45.8 Å². The Kier molecular flexibility index (Phi) is 4.27. The molecule has 3 rings (SSSR count). The number of anilines is 1. The van der Waals surface area contributed by atoms with Crippen molar-refractivity contribution in [2.75, 3.05) is 23.7 Å². The van der Waals surface area contributed by atoms with E-state index in [4.69, 9.17) is 22.7 Å². The fourth-order valence-electron chi connectivity index (χ4n) is 2.15. The summed E-state index contributed by atoms with van der Waals surface area (Å²) in [5.74, 6) is 0.105. The Bertz CT molecular complexity index is 667. The Balaban J connectivity index is 1.84. The van der Waals surface area contributed by atoms with Gasteiger partial charge in [0.25, 0.3) is 0 Å². The lowest BCUT2D eigenvalue weighted by atomic mass is 10.2. The minimum atomic E-state index is -0.515. The third-order valence-corrected chi connectivity index (χ3v) is 4.69. The second kappa shape index (κ2) is 6.19. The van der Waals surface area contributed by atoms with Crippen LogP contribution in [0.1, 0.15) is 5.56 Å². The first-order valence-electron chi connectivity index (χ1n) is 6.56. The summed E-state index contributed by atoms with van der Waals surface area (Å²) in [5.41, 5.74) is 8.97. The summed E-state index contributed by atoms with van der Waals surface area (Å²) in [5, 5.41) is 4.56. The number of cyclic esters (lactones) is 1. The van der Waals surface area contributed by atoms with Gasteiger partial charge in [-0.05, 0) is 18.2 Å². The largest absolute Gasteiger partial charge is 0.443 e. The predicted molar refractivity (Wildman–Crippen MR) is 87.8 cm³/mol. The van der Waals surface area contributed by atoms with E-state index >= 15 is 0 Å². The van der Waals surface area contributed by atoms with Crippen LogP contribution in [0.15, 0.2) is 23.3 Å². The highest BCUT2D eigenvalue weighted by Crippen LogP contribution is 2.26. The summed E-state index contributed by atoms with van der Waals surface area (Å²) in [7, 11) is 0. The van der Waals surface area contributed by atoms with E-state index in [1.165, 1.54) is 22.7 Å². The van der Waals surface area contributed by atoms with Crippen LogP contribution in [-0.2, 0) is 4.74 Å². The van der Waals surface area contributed by atoms with Crippen molar-refractivity contribution in [1.82, 2.24) is 5.43 Å². The third-order valence-electron chi connectivity index (χ3n) is 3.25. The topological polar surface area (TPSA) is 80.0 Å². The van der Waals surface area contributed by atoms with E-state index in [0.717, 1.165) is 0 Å². The molecular weight excluding hydrogens is 327 g/mol. The minimum Gasteiger partial charge on any atom is -0.443 e. The smallest absolute Gasteiger partial charge is 0.414 e. The molecular formula is C13H13FN4O2S2. The van der Waals surface area contributed by atoms with Gasteiger partial charge in [-0.15, -0.1) is 0 Å². The number of thioether (sulfide) groups is 1. The summed E-state index contributed by atoms with van der Waals surface area (Å²) in [6, 6.07) is 4.55. The highest BCUT2D eigenvalue weighted by Gasteiger charge is 2.32. The first-order chi connectivity index (χ1) is 10.6. The molecule has 1 amide bonds. The molecule has 0 aliphatic carbocycles. The van der Waals surface area contributed by atoms with Crippen LogP contribution in [-0.4, -0.2) is 41.1 Å². The van der Waals surface area contributed by atoms with E-state index in [-0.39, 0.29) is 12.6 Å². The zero-order chi connectivity index (χ0) is 15.7. The van der Waals surface area contributed by atoms with Gasteiger partial charge in [0.1, 0.15) is 22.0 Å². The third kappa shape index (κ3) is 2.92. The van der Waals surface area contributed by atoms with E-state index in [1.54, 1.807) is 12.1 Å². The average Bonchev–Trinajstić information content (AvgIpc) is 2.89. The van der Waals surface area contributed by atoms with Crippen molar-refractivity contribution in [3.63, 3.8) is 0 Å². The first-order valence-corrected chi connectivity index (χ1v) is 7.95. The molecule has 0 aromatic heterocycles. The van der Waals surface area contributed by atoms with Crippen LogP contribution in [0.25, 0.3) is 0 Å². The lowest BCUT2D eigenvalue weighted by Gasteiger charge is -2.16. The maximum Gasteiger partial charge on any atom is 0.414 e. The molecule has 116 valence electrons. The number of carbonyl (C=O) groups excluding carboxylic acids is 1. The van der Waals surface area contributed by atoms with Crippen LogP contribution in [0, 0.1) is 5.82 Å². The lowest BCUT2D eigenvalue weighted by molar-refractivity contribution is 0.145. The maximum atomic E-state index is 14.3. The Morgan fingerprint density at radius 1 is 1.59 bits per heavy atom. The summed E-state index contributed by atoms with van der Waals surface area (Å²) in [6.07, 6.45) is -0.877. The average molecular weight is 340 g/mol. The molecule has 2 heterocycles. The molecule has 22 heavy (non-hydrogen) atoms. The second-order valence-electron chi connectivity index (χ2n) is 4.76. The molecule has 1 unspecified atom stereocenters. The normalized spacial score (nSPS) is 21.5. The van der Waals surface area contributed by atoms with Crippen molar-refractivity contribution in [2.45, 2.75) is 6.10 Å². The number of nitrogens with one attached hydrogen (secondary N) is 1. The van der Waals surface area contributed by atoms with Crippen molar-refractivity contribution in [3.8, 4) is 0 Å². The second-order valence-corrected chi connectivity index (χ2v) is 6.21. The van der Waals surface area contributed by atoms with Gasteiger partial charge in [-0.1, -0.05) is 24.0 Å². The Morgan fingerprint density at radius 2 is 2.41 bits per heavy atom. The monoisotopic (exact) mass is 340 g/mol. The van der Waals surface area contributed by atoms with Gasteiger partial charge in [0.05, 0.1) is 18.0 Å². The number of nitrogens with two attached hydrogens (primary N) is 1. The molecule has 1 saturated heterocycles. The summed E-state index contributed by atoms with van der Waals surface area (Å²) < 4.78 is 19.4. The number of thiocarbonyl (C=S) groups is 1. The molecule has 1 aromatic carbocycles. The molecule has 9 heteroatoms. The van der Waals surface area contributed by atoms with Gasteiger partial charge in [0.2, 0.25) is 0 Å². The zero-order valence-electron chi connectivity index (χ0n) is 11.4. The van der Waals surface area contributed by atoms with Crippen LogP contribution in [0.4, 0.5) is 14.9 Å². The highest BCUT2D eigenvalue weighted by molar-refractivity contribution is 8.15. The fourth-order valence-corrected chi connectivity index (χ4v) is 3.14. The minimum absolute atomic E-state index is 0.238. The van der Waals surface area contributed by atoms with Crippen molar-refractivity contribution in [3.05, 3.63) is 29.6 Å². The van der Waals surface area contributed by atoms with Crippen LogP contribution in [0.5, 0.6) is 0 Å². The standard InChI is InChI=1S/C13H13FN4O2S2/c14-10-3-7(18-5-8(4-15)20-13(18)19)1-2-9(10)12-17-16-11(21)6-22-12/h1-3,8H,4-6,15H2,(H,16,21). The zero-order valence-corrected chi connectivity index (χ0v) is 13.0. The molecule has 2 aliphatic heterocycles. The predicted octanol–water partition coefficient (Wildman–Crippen LogP) is 1.44. The van der Waals surface area contributed by atoms with E-state index in [9.17, 15) is 9.18 Å². The van der Waals surface area contributed by atoms with Crippen molar-refractivity contribution < 1.29 is 13.9 Å². The molecule has 0 bridgehead atoms. The van der Waals surface area contributed by atoms with Gasteiger partial charge in [0.15, 0.2) is 0 Å². The van der Waals surface area contributed by atoms with E-state index in [2.05, 4.69) is 10.5 Å². The summed E-state index contributed by atoms with van der Waals surface area (Å²) in [6.45, 7) is 0.557. The lowest BCUT2D eigenvalue weighted by Crippen LogP contribution is -2.28. The molecule has 0 spiro atoms. The summed E-state index contributed by atoms with van der Waals surface area (Å²) >= 11 is 6.33. The molecule has 3 N–H and O–H groups in total. The number of halogens is 1. The Labute approximate surface area is 135 Å². The number of hydrazone groups is 1. The fraction of sp³-hybridized carbons (Fsp3) is 0.308. The van der Waals surface area contributed by atoms with Crippen LogP contribution >= 0.6 is 24.0 Å². The number of carbonyl (C=O) groups is 1. The SMILES string of the molecule is NCC1CN(c2ccc(C3=NNC(=S)CS3)c(F)c2)C(=O)O1.